The first-order valence-electron chi connectivity index (χ1n) is 9.39. The molecule has 0 saturated carbocycles. The van der Waals surface area contributed by atoms with Gasteiger partial charge in [0.1, 0.15) is 16.3 Å². The molecule has 9 heteroatoms. The molecule has 1 aromatic heterocycles. The van der Waals surface area contributed by atoms with Gasteiger partial charge in [0.25, 0.3) is 0 Å². The number of carbonyl (C=O) groups is 1. The number of esters is 1. The van der Waals surface area contributed by atoms with Gasteiger partial charge in [-0.15, -0.1) is 0 Å². The third kappa shape index (κ3) is 4.88. The van der Waals surface area contributed by atoms with E-state index in [4.69, 9.17) is 8.92 Å². The number of nitrogens with zero attached hydrogens (tertiary/aromatic N) is 2. The van der Waals surface area contributed by atoms with E-state index in [0.29, 0.717) is 5.56 Å². The van der Waals surface area contributed by atoms with Gasteiger partial charge in [-0.25, -0.2) is 9.18 Å². The summed E-state index contributed by atoms with van der Waals surface area (Å²) in [6, 6.07) is 10.9. The molecule has 1 heterocycles. The number of aryl methyl sites for hydroxylation is 1. The second kappa shape index (κ2) is 8.81. The Kier molecular flexibility index (Phi) is 6.35. The molecule has 3 rings (SSSR count). The molecule has 0 N–H and O–H groups in total. The Balaban J connectivity index is 2.18. The minimum absolute atomic E-state index is 0.0594. The molecule has 0 unspecified atom stereocenters. The topological polar surface area (TPSA) is 95.5 Å². The minimum Gasteiger partial charge on any atom is -0.465 e. The average molecular weight is 444 g/mol. The molecule has 0 fully saturated rings. The Morgan fingerprint density at radius 2 is 1.61 bits per heavy atom. The van der Waals surface area contributed by atoms with Gasteiger partial charge in [-0.2, -0.15) is 18.4 Å². The quantitative estimate of drug-likeness (QED) is 0.414. The van der Waals surface area contributed by atoms with Crippen LogP contribution in [0.3, 0.4) is 0 Å². The molecule has 162 valence electrons. The summed E-state index contributed by atoms with van der Waals surface area (Å²) in [6.45, 7) is 5.39. The predicted molar refractivity (Wildman–Crippen MR) is 112 cm³/mol. The fourth-order valence-electron chi connectivity index (χ4n) is 2.88. The van der Waals surface area contributed by atoms with Crippen molar-refractivity contribution in [3.63, 3.8) is 0 Å². The van der Waals surface area contributed by atoms with Gasteiger partial charge < -0.3 is 8.92 Å². The van der Waals surface area contributed by atoms with Crippen molar-refractivity contribution >= 4 is 16.1 Å². The van der Waals surface area contributed by atoms with Crippen LogP contribution in [0.2, 0.25) is 0 Å². The van der Waals surface area contributed by atoms with E-state index in [2.05, 4.69) is 9.97 Å². The first-order chi connectivity index (χ1) is 14.6. The van der Waals surface area contributed by atoms with E-state index in [0.717, 1.165) is 5.56 Å². The average Bonchev–Trinajstić information content (AvgIpc) is 2.73. The lowest BCUT2D eigenvalue weighted by Gasteiger charge is -2.16. The van der Waals surface area contributed by atoms with Crippen LogP contribution in [0.15, 0.2) is 53.4 Å². The molecule has 2 aromatic carbocycles. The molecule has 0 saturated heterocycles. The highest BCUT2D eigenvalue weighted by Gasteiger charge is 2.27. The zero-order chi connectivity index (χ0) is 22.8. The lowest BCUT2D eigenvalue weighted by molar-refractivity contribution is 0.0598. The van der Waals surface area contributed by atoms with Crippen LogP contribution in [0.1, 0.15) is 41.4 Å². The smallest absolute Gasteiger partial charge is 0.341 e. The molecular formula is C22H21FN2O5S. The number of aromatic nitrogens is 2. The normalized spacial score (nSPS) is 11.4. The summed E-state index contributed by atoms with van der Waals surface area (Å²) in [6.07, 6.45) is 0. The summed E-state index contributed by atoms with van der Waals surface area (Å²) in [5.74, 6) is -1.46. The van der Waals surface area contributed by atoms with Gasteiger partial charge in [0.2, 0.25) is 0 Å². The van der Waals surface area contributed by atoms with Crippen LogP contribution in [0, 0.1) is 12.7 Å². The Bertz CT molecular complexity index is 1210. The maximum absolute atomic E-state index is 13.4. The van der Waals surface area contributed by atoms with Crippen molar-refractivity contribution in [2.75, 3.05) is 7.11 Å². The molecule has 0 radical (unpaired) electrons. The second-order valence-electron chi connectivity index (χ2n) is 7.12. The minimum atomic E-state index is -4.22. The van der Waals surface area contributed by atoms with E-state index in [1.807, 2.05) is 6.92 Å². The zero-order valence-electron chi connectivity index (χ0n) is 17.4. The molecule has 31 heavy (non-hydrogen) atoms. The van der Waals surface area contributed by atoms with Crippen LogP contribution >= 0.6 is 0 Å². The van der Waals surface area contributed by atoms with Crippen molar-refractivity contribution in [1.82, 2.24) is 9.97 Å². The third-order valence-electron chi connectivity index (χ3n) is 4.46. The predicted octanol–water partition coefficient (Wildman–Crippen LogP) is 4.27. The van der Waals surface area contributed by atoms with Crippen LogP contribution in [-0.2, 0) is 14.9 Å². The van der Waals surface area contributed by atoms with Gasteiger partial charge >= 0.3 is 22.1 Å². The Morgan fingerprint density at radius 3 is 2.16 bits per heavy atom. The van der Waals surface area contributed by atoms with E-state index in [1.165, 1.54) is 43.5 Å². The van der Waals surface area contributed by atoms with Crippen LogP contribution < -0.4 is 4.18 Å². The molecule has 0 atom stereocenters. The van der Waals surface area contributed by atoms with Crippen LogP contribution in [0.5, 0.6) is 6.01 Å². The summed E-state index contributed by atoms with van der Waals surface area (Å²) in [4.78, 5) is 20.8. The van der Waals surface area contributed by atoms with Crippen molar-refractivity contribution in [3.05, 3.63) is 71.2 Å². The van der Waals surface area contributed by atoms with Gasteiger partial charge in [-0.3, -0.25) is 0 Å². The highest BCUT2D eigenvalue weighted by atomic mass is 32.2. The maximum atomic E-state index is 13.4. The fraction of sp³-hybridized carbons (Fsp3) is 0.227. The van der Waals surface area contributed by atoms with E-state index in [9.17, 15) is 17.6 Å². The van der Waals surface area contributed by atoms with E-state index >= 15 is 0 Å². The highest BCUT2D eigenvalue weighted by Crippen LogP contribution is 2.31. The standard InChI is InChI=1S/C22H21FN2O5S/c1-13(2)19-18(21(26)29-4)20(15-7-9-16(23)10-8-15)25-22(24-19)30-31(27,28)17-11-5-14(3)6-12-17/h5-13H,1-4H3. The Hall–Kier alpha value is -3.33. The Morgan fingerprint density at radius 1 is 1.00 bits per heavy atom. The lowest BCUT2D eigenvalue weighted by Crippen LogP contribution is -2.17. The second-order valence-corrected chi connectivity index (χ2v) is 8.67. The number of carbonyl (C=O) groups excluding carboxylic acids is 1. The SMILES string of the molecule is COC(=O)c1c(-c2ccc(F)cc2)nc(OS(=O)(=O)c2ccc(C)cc2)nc1C(C)C. The fourth-order valence-corrected chi connectivity index (χ4v) is 3.72. The molecule has 0 aliphatic rings. The monoisotopic (exact) mass is 444 g/mol. The molecular weight excluding hydrogens is 423 g/mol. The van der Waals surface area contributed by atoms with Gasteiger partial charge in [0, 0.05) is 5.56 Å². The first kappa shape index (κ1) is 22.4. The number of rotatable bonds is 6. The van der Waals surface area contributed by atoms with E-state index in [-0.39, 0.29) is 27.8 Å². The lowest BCUT2D eigenvalue weighted by atomic mass is 9.98. The number of halogens is 1. The number of benzene rings is 2. The highest BCUT2D eigenvalue weighted by molar-refractivity contribution is 7.87. The molecule has 0 amide bonds. The Labute approximate surface area is 180 Å². The molecule has 7 nitrogen and oxygen atoms in total. The summed E-state index contributed by atoms with van der Waals surface area (Å²) in [5, 5.41) is 0. The van der Waals surface area contributed by atoms with Crippen LogP contribution in [-0.4, -0.2) is 31.5 Å². The van der Waals surface area contributed by atoms with Crippen molar-refractivity contribution in [1.29, 1.82) is 0 Å². The van der Waals surface area contributed by atoms with Gasteiger partial charge in [-0.1, -0.05) is 31.5 Å². The summed E-state index contributed by atoms with van der Waals surface area (Å²) in [5.41, 5.74) is 1.65. The third-order valence-corrected chi connectivity index (χ3v) is 5.68. The molecule has 0 bridgehead atoms. The van der Waals surface area contributed by atoms with Crippen LogP contribution in [0.25, 0.3) is 11.3 Å². The van der Waals surface area contributed by atoms with E-state index in [1.54, 1.807) is 26.0 Å². The van der Waals surface area contributed by atoms with E-state index < -0.39 is 27.9 Å². The van der Waals surface area contributed by atoms with Crippen LogP contribution in [0.4, 0.5) is 4.39 Å². The molecule has 3 aromatic rings. The van der Waals surface area contributed by atoms with Gasteiger partial charge in [0.15, 0.2) is 0 Å². The number of methoxy groups -OCH3 is 1. The maximum Gasteiger partial charge on any atom is 0.341 e. The summed E-state index contributed by atoms with van der Waals surface area (Å²) >= 11 is 0. The number of hydrogen-bond donors (Lipinski definition) is 0. The first-order valence-corrected chi connectivity index (χ1v) is 10.8. The molecule has 0 spiro atoms. The van der Waals surface area contributed by atoms with Gasteiger partial charge in [-0.05, 0) is 49.2 Å². The van der Waals surface area contributed by atoms with Crippen molar-refractivity contribution in [2.24, 2.45) is 0 Å². The zero-order valence-corrected chi connectivity index (χ0v) is 18.2. The van der Waals surface area contributed by atoms with Gasteiger partial charge in [0.05, 0.1) is 18.5 Å². The molecule has 0 aliphatic carbocycles. The van der Waals surface area contributed by atoms with Crippen molar-refractivity contribution in [3.8, 4) is 17.3 Å². The largest absolute Gasteiger partial charge is 0.465 e. The molecule has 0 aliphatic heterocycles. The summed E-state index contributed by atoms with van der Waals surface area (Å²) in [7, 11) is -3.00. The van der Waals surface area contributed by atoms with Crippen molar-refractivity contribution < 1.29 is 26.5 Å². The number of hydrogen-bond acceptors (Lipinski definition) is 7. The summed E-state index contributed by atoms with van der Waals surface area (Å²) < 4.78 is 48.9. The van der Waals surface area contributed by atoms with Crippen molar-refractivity contribution in [2.45, 2.75) is 31.6 Å². The number of ether oxygens (including phenoxy) is 1.